The zero-order valence-electron chi connectivity index (χ0n) is 18.9. The maximum Gasteiger partial charge on any atom is 0.410 e. The Morgan fingerprint density at radius 3 is 2.52 bits per heavy atom. The van der Waals surface area contributed by atoms with Gasteiger partial charge >= 0.3 is 6.09 Å². The Morgan fingerprint density at radius 1 is 1.10 bits per heavy atom. The number of hydrogen-bond donors (Lipinski definition) is 0. The first-order valence-corrected chi connectivity index (χ1v) is 12.1. The second-order valence-corrected chi connectivity index (χ2v) is 9.48. The molecule has 0 aromatic heterocycles. The summed E-state index contributed by atoms with van der Waals surface area (Å²) < 4.78 is 5.01. The van der Waals surface area contributed by atoms with Gasteiger partial charge in [-0.15, -0.1) is 0 Å². The number of piperidine rings is 1. The molecule has 1 aromatic rings. The zero-order valence-corrected chi connectivity index (χ0v) is 18.9. The molecule has 1 saturated carbocycles. The van der Waals surface area contributed by atoms with E-state index in [-0.39, 0.29) is 18.5 Å². The molecular formula is C25H37N3O3. The van der Waals surface area contributed by atoms with Gasteiger partial charge in [0.1, 0.15) is 13.2 Å². The molecule has 0 spiro atoms. The van der Waals surface area contributed by atoms with E-state index in [1.807, 2.05) is 0 Å². The number of nitrogens with zero attached hydrogens (tertiary/aromatic N) is 3. The summed E-state index contributed by atoms with van der Waals surface area (Å²) in [7, 11) is 0. The Hall–Kier alpha value is -2.08. The Balaban J connectivity index is 1.27. The van der Waals surface area contributed by atoms with E-state index in [1.54, 1.807) is 4.90 Å². The normalized spacial score (nSPS) is 20.9. The summed E-state index contributed by atoms with van der Waals surface area (Å²) >= 11 is 0. The SMILES string of the molecule is Cc1ccccc1CCN1CCC(CN(C(=O)CN2CCOC2=O)C2CCCC2)CC1. The number of cyclic esters (lactones) is 1. The molecule has 2 saturated heterocycles. The van der Waals surface area contributed by atoms with Crippen molar-refractivity contribution in [3.63, 3.8) is 0 Å². The number of benzene rings is 1. The topological polar surface area (TPSA) is 53.1 Å². The second-order valence-electron chi connectivity index (χ2n) is 9.48. The third kappa shape index (κ3) is 5.79. The van der Waals surface area contributed by atoms with Crippen molar-refractivity contribution >= 4 is 12.0 Å². The summed E-state index contributed by atoms with van der Waals surface area (Å²) in [6.07, 6.45) is 7.68. The fourth-order valence-electron chi connectivity index (χ4n) is 5.33. The molecule has 0 bridgehead atoms. The van der Waals surface area contributed by atoms with E-state index in [0.29, 0.717) is 25.1 Å². The standard InChI is InChI=1S/C25H37N3O3/c1-20-6-2-3-7-22(20)12-15-26-13-10-21(11-14-26)18-28(23-8-4-5-9-23)24(29)19-27-16-17-31-25(27)30/h2-3,6-7,21,23H,4-5,8-19H2,1H3. The average molecular weight is 428 g/mol. The largest absolute Gasteiger partial charge is 0.448 e. The molecule has 3 aliphatic rings. The molecule has 2 aliphatic heterocycles. The van der Waals surface area contributed by atoms with E-state index in [2.05, 4.69) is 41.0 Å². The van der Waals surface area contributed by atoms with Crippen LogP contribution >= 0.6 is 0 Å². The summed E-state index contributed by atoms with van der Waals surface area (Å²) in [4.78, 5) is 31.2. The lowest BCUT2D eigenvalue weighted by Crippen LogP contribution is -2.48. The second kappa shape index (κ2) is 10.5. The van der Waals surface area contributed by atoms with Crippen LogP contribution in [0.5, 0.6) is 0 Å². The maximum absolute atomic E-state index is 13.1. The van der Waals surface area contributed by atoms with Crippen LogP contribution in [0.2, 0.25) is 0 Å². The minimum atomic E-state index is -0.346. The van der Waals surface area contributed by atoms with Crippen molar-refractivity contribution in [2.45, 2.75) is 57.9 Å². The van der Waals surface area contributed by atoms with Crippen molar-refractivity contribution in [3.8, 4) is 0 Å². The molecule has 1 aromatic carbocycles. The lowest BCUT2D eigenvalue weighted by atomic mass is 9.94. The van der Waals surface area contributed by atoms with Gasteiger partial charge in [0, 0.05) is 19.1 Å². The number of amides is 2. The summed E-state index contributed by atoms with van der Waals surface area (Å²) in [5.41, 5.74) is 2.83. The summed E-state index contributed by atoms with van der Waals surface area (Å²) in [6, 6.07) is 9.02. The van der Waals surface area contributed by atoms with Crippen LogP contribution in [0.3, 0.4) is 0 Å². The predicted molar refractivity (Wildman–Crippen MR) is 121 cm³/mol. The average Bonchev–Trinajstić information content (AvgIpc) is 3.45. The van der Waals surface area contributed by atoms with E-state index in [1.165, 1.54) is 24.0 Å². The van der Waals surface area contributed by atoms with Crippen LogP contribution in [-0.2, 0) is 16.0 Å². The first kappa shape index (κ1) is 22.1. The summed E-state index contributed by atoms with van der Waals surface area (Å²) in [5, 5.41) is 0. The highest BCUT2D eigenvalue weighted by molar-refractivity contribution is 5.83. The van der Waals surface area contributed by atoms with Gasteiger partial charge in [-0.1, -0.05) is 37.1 Å². The predicted octanol–water partition coefficient (Wildman–Crippen LogP) is 3.47. The zero-order chi connectivity index (χ0) is 21.6. The van der Waals surface area contributed by atoms with Gasteiger partial charge in [0.15, 0.2) is 0 Å². The van der Waals surface area contributed by atoms with Crippen LogP contribution in [0, 0.1) is 12.8 Å². The van der Waals surface area contributed by atoms with Gasteiger partial charge in [-0.05, 0) is 69.2 Å². The molecule has 6 heteroatoms. The molecule has 4 rings (SSSR count). The maximum atomic E-state index is 13.1. The third-order valence-corrected chi connectivity index (χ3v) is 7.38. The monoisotopic (exact) mass is 427 g/mol. The first-order valence-electron chi connectivity index (χ1n) is 12.1. The number of ether oxygens (including phenoxy) is 1. The van der Waals surface area contributed by atoms with Gasteiger partial charge in [0.05, 0.1) is 6.54 Å². The quantitative estimate of drug-likeness (QED) is 0.637. The highest BCUT2D eigenvalue weighted by atomic mass is 16.6. The minimum absolute atomic E-state index is 0.104. The molecule has 3 fully saturated rings. The van der Waals surface area contributed by atoms with Gasteiger partial charge in [-0.25, -0.2) is 4.79 Å². The lowest BCUT2D eigenvalue weighted by Gasteiger charge is -2.37. The van der Waals surface area contributed by atoms with Crippen LogP contribution in [-0.4, -0.2) is 78.6 Å². The fourth-order valence-corrected chi connectivity index (χ4v) is 5.33. The molecule has 1 aliphatic carbocycles. The smallest absolute Gasteiger partial charge is 0.410 e. The molecule has 0 unspecified atom stereocenters. The Bertz CT molecular complexity index is 754. The third-order valence-electron chi connectivity index (χ3n) is 7.38. The first-order chi connectivity index (χ1) is 15.1. The van der Waals surface area contributed by atoms with E-state index in [4.69, 9.17) is 4.74 Å². The van der Waals surface area contributed by atoms with Gasteiger partial charge in [-0.2, -0.15) is 0 Å². The van der Waals surface area contributed by atoms with Crippen molar-refractivity contribution in [2.24, 2.45) is 5.92 Å². The number of likely N-dealkylation sites (tertiary alicyclic amines) is 1. The van der Waals surface area contributed by atoms with Crippen molar-refractivity contribution in [1.82, 2.24) is 14.7 Å². The Kier molecular flexibility index (Phi) is 7.49. The summed E-state index contributed by atoms with van der Waals surface area (Å²) in [5.74, 6) is 0.664. The molecule has 2 amide bonds. The molecule has 6 nitrogen and oxygen atoms in total. The summed E-state index contributed by atoms with van der Waals surface area (Å²) in [6.45, 7) is 7.48. The molecule has 2 heterocycles. The van der Waals surface area contributed by atoms with Gasteiger partial charge in [0.2, 0.25) is 5.91 Å². The number of carbonyl (C=O) groups is 2. The van der Waals surface area contributed by atoms with Crippen molar-refractivity contribution in [3.05, 3.63) is 35.4 Å². The molecule has 0 atom stereocenters. The molecular weight excluding hydrogens is 390 g/mol. The van der Waals surface area contributed by atoms with Gasteiger partial charge in [0.25, 0.3) is 0 Å². The van der Waals surface area contributed by atoms with Crippen LogP contribution in [0.15, 0.2) is 24.3 Å². The Morgan fingerprint density at radius 2 is 1.84 bits per heavy atom. The molecule has 0 radical (unpaired) electrons. The van der Waals surface area contributed by atoms with Gasteiger partial charge in [-0.3, -0.25) is 9.69 Å². The van der Waals surface area contributed by atoms with Crippen LogP contribution in [0.1, 0.15) is 49.7 Å². The van der Waals surface area contributed by atoms with Crippen LogP contribution in [0.4, 0.5) is 4.79 Å². The number of aryl methyl sites for hydroxylation is 1. The molecule has 0 N–H and O–H groups in total. The van der Waals surface area contributed by atoms with Crippen molar-refractivity contribution in [2.75, 3.05) is 45.9 Å². The number of rotatable bonds is 8. The van der Waals surface area contributed by atoms with E-state index >= 15 is 0 Å². The molecule has 31 heavy (non-hydrogen) atoms. The van der Waals surface area contributed by atoms with E-state index < -0.39 is 0 Å². The van der Waals surface area contributed by atoms with Crippen LogP contribution < -0.4 is 0 Å². The Labute approximate surface area is 186 Å². The highest BCUT2D eigenvalue weighted by Gasteiger charge is 2.33. The lowest BCUT2D eigenvalue weighted by molar-refractivity contribution is -0.135. The van der Waals surface area contributed by atoms with Crippen molar-refractivity contribution < 1.29 is 14.3 Å². The number of carbonyl (C=O) groups excluding carboxylic acids is 2. The van der Waals surface area contributed by atoms with Gasteiger partial charge < -0.3 is 14.5 Å². The van der Waals surface area contributed by atoms with E-state index in [0.717, 1.165) is 58.3 Å². The molecule has 170 valence electrons. The minimum Gasteiger partial charge on any atom is -0.448 e. The highest BCUT2D eigenvalue weighted by Crippen LogP contribution is 2.27. The number of hydrogen-bond acceptors (Lipinski definition) is 4. The van der Waals surface area contributed by atoms with Crippen molar-refractivity contribution in [1.29, 1.82) is 0 Å². The fraction of sp³-hybridized carbons (Fsp3) is 0.680. The van der Waals surface area contributed by atoms with Crippen LogP contribution in [0.25, 0.3) is 0 Å². The van der Waals surface area contributed by atoms with E-state index in [9.17, 15) is 9.59 Å².